The van der Waals surface area contributed by atoms with Gasteiger partial charge >= 0.3 is 5.97 Å². The van der Waals surface area contributed by atoms with E-state index in [1.165, 1.54) is 24.3 Å². The van der Waals surface area contributed by atoms with Crippen molar-refractivity contribution >= 4 is 22.8 Å². The molecule has 6 heteroatoms. The van der Waals surface area contributed by atoms with Crippen LogP contribution in [0.15, 0.2) is 29.2 Å². The predicted octanol–water partition coefficient (Wildman–Crippen LogP) is 1.40. The molecule has 1 rings (SSSR count). The fourth-order valence-electron chi connectivity index (χ4n) is 1.20. The van der Waals surface area contributed by atoms with Crippen LogP contribution in [0, 0.1) is 0 Å². The van der Waals surface area contributed by atoms with Crippen LogP contribution >= 0.6 is 0 Å². The highest BCUT2D eigenvalue weighted by Crippen LogP contribution is 2.09. The van der Waals surface area contributed by atoms with E-state index >= 15 is 0 Å². The highest BCUT2D eigenvalue weighted by Gasteiger charge is 2.12. The summed E-state index contributed by atoms with van der Waals surface area (Å²) >= 11 is -2.07. The van der Waals surface area contributed by atoms with Crippen LogP contribution in [0.1, 0.15) is 23.7 Å². The van der Waals surface area contributed by atoms with E-state index in [1.54, 1.807) is 6.92 Å². The van der Waals surface area contributed by atoms with Crippen molar-refractivity contribution in [2.24, 2.45) is 0 Å². The molecular weight excluding hydrogens is 244 g/mol. The topological polar surface area (TPSA) is 80.7 Å². The van der Waals surface area contributed by atoms with E-state index < -0.39 is 17.0 Å². The van der Waals surface area contributed by atoms with E-state index in [0.29, 0.717) is 5.56 Å². The van der Waals surface area contributed by atoms with E-state index in [9.17, 15) is 13.8 Å². The molecule has 0 spiro atoms. The number of carbonyl (C=O) groups is 2. The lowest BCUT2D eigenvalue weighted by molar-refractivity contribution is -0.141. The molecule has 0 saturated heterocycles. The Labute approximate surface area is 101 Å². The van der Waals surface area contributed by atoms with Crippen molar-refractivity contribution in [2.45, 2.75) is 18.2 Å². The van der Waals surface area contributed by atoms with Crippen LogP contribution in [0.5, 0.6) is 0 Å². The Bertz CT molecular complexity index is 438. The van der Waals surface area contributed by atoms with Crippen molar-refractivity contribution in [3.05, 3.63) is 29.8 Å². The summed E-state index contributed by atoms with van der Waals surface area (Å²) in [7, 11) is 0. The van der Waals surface area contributed by atoms with Crippen molar-refractivity contribution in [2.75, 3.05) is 6.61 Å². The Kier molecular flexibility index (Phi) is 4.99. The first-order valence-corrected chi connectivity index (χ1v) is 6.05. The zero-order valence-electron chi connectivity index (χ0n) is 9.21. The summed E-state index contributed by atoms with van der Waals surface area (Å²) in [4.78, 5) is 22.8. The summed E-state index contributed by atoms with van der Waals surface area (Å²) in [6, 6.07) is 5.55. The van der Waals surface area contributed by atoms with Crippen LogP contribution in [0.3, 0.4) is 0 Å². The minimum atomic E-state index is -2.07. The van der Waals surface area contributed by atoms with Gasteiger partial charge in [-0.3, -0.25) is 9.59 Å². The molecule has 17 heavy (non-hydrogen) atoms. The van der Waals surface area contributed by atoms with Crippen LogP contribution in [-0.4, -0.2) is 27.1 Å². The quantitative estimate of drug-likeness (QED) is 0.373. The summed E-state index contributed by atoms with van der Waals surface area (Å²) in [6.07, 6.45) is -0.324. The van der Waals surface area contributed by atoms with Gasteiger partial charge in [0.05, 0.1) is 11.5 Å². The first-order chi connectivity index (χ1) is 8.04. The third kappa shape index (κ3) is 4.08. The maximum Gasteiger partial charge on any atom is 0.313 e. The molecule has 1 atom stereocenters. The fraction of sp³-hybridized carbons (Fsp3) is 0.273. The number of hydrogen-bond acceptors (Lipinski definition) is 4. The highest BCUT2D eigenvalue weighted by molar-refractivity contribution is 7.79. The van der Waals surface area contributed by atoms with Gasteiger partial charge in [-0.2, -0.15) is 0 Å². The third-order valence-electron chi connectivity index (χ3n) is 1.99. The molecule has 1 aromatic rings. The average Bonchev–Trinajstić information content (AvgIpc) is 2.29. The van der Waals surface area contributed by atoms with Gasteiger partial charge in [-0.05, 0) is 19.1 Å². The number of esters is 1. The molecule has 0 heterocycles. The van der Waals surface area contributed by atoms with Crippen LogP contribution in [0.25, 0.3) is 0 Å². The van der Waals surface area contributed by atoms with Gasteiger partial charge in [-0.25, -0.2) is 4.21 Å². The molecule has 0 aliphatic carbocycles. The smallest absolute Gasteiger partial charge is 0.313 e. The number of ketones is 1. The normalized spacial score (nSPS) is 11.9. The second-order valence-corrected chi connectivity index (χ2v) is 4.15. The van der Waals surface area contributed by atoms with E-state index in [2.05, 4.69) is 4.74 Å². The zero-order chi connectivity index (χ0) is 12.8. The molecule has 1 unspecified atom stereocenters. The van der Waals surface area contributed by atoms with E-state index in [1.807, 2.05) is 0 Å². The number of hydrogen-bond donors (Lipinski definition) is 1. The summed E-state index contributed by atoms with van der Waals surface area (Å²) in [6.45, 7) is 1.89. The molecule has 0 aliphatic heterocycles. The second kappa shape index (κ2) is 6.27. The Morgan fingerprint density at radius 2 is 1.88 bits per heavy atom. The van der Waals surface area contributed by atoms with Gasteiger partial charge in [0.2, 0.25) is 0 Å². The first-order valence-electron chi connectivity index (χ1n) is 4.94. The molecule has 5 nitrogen and oxygen atoms in total. The second-order valence-electron chi connectivity index (χ2n) is 3.18. The highest BCUT2D eigenvalue weighted by atomic mass is 32.2. The van der Waals surface area contributed by atoms with Gasteiger partial charge in [0.15, 0.2) is 16.9 Å². The molecule has 0 fully saturated rings. The van der Waals surface area contributed by atoms with Gasteiger partial charge in [0.1, 0.15) is 6.42 Å². The number of benzene rings is 1. The van der Waals surface area contributed by atoms with Gasteiger partial charge in [0, 0.05) is 5.56 Å². The number of ether oxygens (including phenoxy) is 1. The maximum atomic E-state index is 11.6. The van der Waals surface area contributed by atoms with Crippen molar-refractivity contribution in [3.63, 3.8) is 0 Å². The van der Waals surface area contributed by atoms with Crippen LogP contribution in [-0.2, 0) is 20.6 Å². The maximum absolute atomic E-state index is 11.6. The molecule has 0 radical (unpaired) electrons. The Balaban J connectivity index is 2.70. The molecule has 92 valence electrons. The molecule has 1 N–H and O–H groups in total. The standard InChI is InChI=1S/C11H12O5S/c1-2-16-11(13)7-10(12)8-3-5-9(6-4-8)17(14)15/h3-6H,2,7H2,1H3,(H,14,15). The molecule has 0 aromatic heterocycles. The summed E-state index contributed by atoms with van der Waals surface area (Å²) < 4.78 is 24.1. The lowest BCUT2D eigenvalue weighted by Crippen LogP contribution is -2.11. The van der Waals surface area contributed by atoms with E-state index in [0.717, 1.165) is 0 Å². The average molecular weight is 256 g/mol. The van der Waals surface area contributed by atoms with Crippen molar-refractivity contribution in [1.82, 2.24) is 0 Å². The lowest BCUT2D eigenvalue weighted by Gasteiger charge is -2.02. The van der Waals surface area contributed by atoms with E-state index in [-0.39, 0.29) is 23.7 Å². The third-order valence-corrected chi connectivity index (χ3v) is 2.66. The number of rotatable bonds is 5. The molecule has 1 aromatic carbocycles. The zero-order valence-corrected chi connectivity index (χ0v) is 10.0. The van der Waals surface area contributed by atoms with Crippen LogP contribution in [0.2, 0.25) is 0 Å². The van der Waals surface area contributed by atoms with Crippen molar-refractivity contribution in [1.29, 1.82) is 0 Å². The molecule has 0 aliphatic rings. The summed E-state index contributed by atoms with van der Waals surface area (Å²) in [5.74, 6) is -0.953. The van der Waals surface area contributed by atoms with Crippen molar-refractivity contribution < 1.29 is 23.1 Å². The van der Waals surface area contributed by atoms with E-state index in [4.69, 9.17) is 4.55 Å². The molecule has 0 bridgehead atoms. The van der Waals surface area contributed by atoms with Gasteiger partial charge in [-0.15, -0.1) is 0 Å². The molecular formula is C11H12O5S. The van der Waals surface area contributed by atoms with Crippen LogP contribution in [0.4, 0.5) is 0 Å². The SMILES string of the molecule is CCOC(=O)CC(=O)c1ccc(S(=O)O)cc1. The minimum Gasteiger partial charge on any atom is -0.466 e. The Morgan fingerprint density at radius 3 is 2.35 bits per heavy atom. The van der Waals surface area contributed by atoms with Gasteiger partial charge < -0.3 is 9.29 Å². The Hall–Kier alpha value is -1.53. The first kappa shape index (κ1) is 13.5. The predicted molar refractivity (Wildman–Crippen MR) is 61.1 cm³/mol. The largest absolute Gasteiger partial charge is 0.466 e. The lowest BCUT2D eigenvalue weighted by atomic mass is 10.1. The summed E-state index contributed by atoms with van der Waals surface area (Å²) in [5, 5.41) is 0. The van der Waals surface area contributed by atoms with Gasteiger partial charge in [-0.1, -0.05) is 12.1 Å². The molecule has 0 saturated carbocycles. The summed E-state index contributed by atoms with van der Waals surface area (Å²) in [5.41, 5.74) is 0.312. The minimum absolute atomic E-state index is 0.206. The van der Waals surface area contributed by atoms with Crippen molar-refractivity contribution in [3.8, 4) is 0 Å². The number of carbonyl (C=O) groups excluding carboxylic acids is 2. The number of Topliss-reactive ketones (excluding diaryl/α,β-unsaturated/α-hetero) is 1. The van der Waals surface area contributed by atoms with Crippen LogP contribution < -0.4 is 0 Å². The van der Waals surface area contributed by atoms with Gasteiger partial charge in [0.25, 0.3) is 0 Å². The fourth-order valence-corrected chi connectivity index (χ4v) is 1.57. The monoisotopic (exact) mass is 256 g/mol. The molecule has 0 amide bonds. The Morgan fingerprint density at radius 1 is 1.29 bits per heavy atom.